The average molecular weight is 217 g/mol. The van der Waals surface area contributed by atoms with Gasteiger partial charge in [0.1, 0.15) is 0 Å². The van der Waals surface area contributed by atoms with Gasteiger partial charge < -0.3 is 19.5 Å². The van der Waals surface area contributed by atoms with Crippen molar-refractivity contribution >= 4 is 0 Å². The summed E-state index contributed by atoms with van der Waals surface area (Å²) in [5, 5.41) is 9.48. The molecule has 1 heterocycles. The van der Waals surface area contributed by atoms with Gasteiger partial charge in [-0.1, -0.05) is 0 Å². The van der Waals surface area contributed by atoms with Crippen LogP contribution in [0.25, 0.3) is 0 Å². The van der Waals surface area contributed by atoms with Crippen molar-refractivity contribution < 1.29 is 14.6 Å². The largest absolute Gasteiger partial charge is 0.396 e. The first-order valence-corrected chi connectivity index (χ1v) is 5.58. The number of rotatable bonds is 6. The molecule has 4 nitrogen and oxygen atoms in total. The fourth-order valence-electron chi connectivity index (χ4n) is 2.11. The van der Waals surface area contributed by atoms with Crippen LogP contribution in [-0.2, 0) is 9.47 Å². The zero-order chi connectivity index (χ0) is 11.1. The van der Waals surface area contributed by atoms with Gasteiger partial charge in [-0.2, -0.15) is 0 Å². The second kappa shape index (κ2) is 6.43. The highest BCUT2D eigenvalue weighted by atomic mass is 16.5. The Morgan fingerprint density at radius 3 is 2.87 bits per heavy atom. The van der Waals surface area contributed by atoms with Crippen molar-refractivity contribution in [1.82, 2.24) is 4.90 Å². The van der Waals surface area contributed by atoms with Crippen LogP contribution in [-0.4, -0.2) is 63.7 Å². The minimum atomic E-state index is -0.0548. The predicted molar refractivity (Wildman–Crippen MR) is 58.9 cm³/mol. The molecule has 1 saturated heterocycles. The summed E-state index contributed by atoms with van der Waals surface area (Å²) in [6.45, 7) is 4.25. The van der Waals surface area contributed by atoms with Crippen molar-refractivity contribution in [3.8, 4) is 0 Å². The van der Waals surface area contributed by atoms with Gasteiger partial charge in [0.25, 0.3) is 0 Å². The molecule has 1 aliphatic heterocycles. The number of methoxy groups -OCH3 is 1. The highest BCUT2D eigenvalue weighted by molar-refractivity contribution is 4.83. The van der Waals surface area contributed by atoms with Gasteiger partial charge >= 0.3 is 0 Å². The highest BCUT2D eigenvalue weighted by Crippen LogP contribution is 2.28. The summed E-state index contributed by atoms with van der Waals surface area (Å²) in [4.78, 5) is 2.20. The maximum Gasteiger partial charge on any atom is 0.0589 e. The highest BCUT2D eigenvalue weighted by Gasteiger charge is 2.33. The molecule has 0 aliphatic carbocycles. The van der Waals surface area contributed by atoms with Crippen LogP contribution in [0.5, 0.6) is 0 Å². The molecule has 0 saturated carbocycles. The number of aliphatic hydroxyl groups excluding tert-OH is 1. The first kappa shape index (κ1) is 12.9. The van der Waals surface area contributed by atoms with Gasteiger partial charge in [0.2, 0.25) is 0 Å². The normalized spacial score (nSPS) is 27.2. The lowest BCUT2D eigenvalue weighted by molar-refractivity contribution is -0.0538. The van der Waals surface area contributed by atoms with Crippen LogP contribution in [0.15, 0.2) is 0 Å². The molecule has 1 atom stereocenters. The van der Waals surface area contributed by atoms with E-state index in [-0.39, 0.29) is 12.0 Å². The summed E-state index contributed by atoms with van der Waals surface area (Å²) in [6, 6.07) is 0. The molecule has 0 spiro atoms. The van der Waals surface area contributed by atoms with Crippen LogP contribution < -0.4 is 0 Å². The van der Waals surface area contributed by atoms with Crippen molar-refractivity contribution in [3.63, 3.8) is 0 Å². The molecule has 1 N–H and O–H groups in total. The summed E-state index contributed by atoms with van der Waals surface area (Å²) in [7, 11) is 3.77. The van der Waals surface area contributed by atoms with Gasteiger partial charge in [0.15, 0.2) is 0 Å². The third-order valence-corrected chi connectivity index (χ3v) is 3.02. The van der Waals surface area contributed by atoms with E-state index in [1.165, 1.54) is 0 Å². The third-order valence-electron chi connectivity index (χ3n) is 3.02. The fourth-order valence-corrected chi connectivity index (χ4v) is 2.11. The van der Waals surface area contributed by atoms with Crippen molar-refractivity contribution in [1.29, 1.82) is 0 Å². The maximum absolute atomic E-state index is 9.48. The lowest BCUT2D eigenvalue weighted by atomic mass is 9.83. The van der Waals surface area contributed by atoms with Crippen molar-refractivity contribution in [3.05, 3.63) is 0 Å². The van der Waals surface area contributed by atoms with E-state index in [0.717, 1.165) is 39.1 Å². The number of nitrogens with zero attached hydrogens (tertiary/aromatic N) is 1. The maximum atomic E-state index is 9.48. The van der Waals surface area contributed by atoms with E-state index in [1.54, 1.807) is 7.11 Å². The van der Waals surface area contributed by atoms with Crippen LogP contribution in [0.2, 0.25) is 0 Å². The molecule has 1 aliphatic rings. The molecule has 90 valence electrons. The summed E-state index contributed by atoms with van der Waals surface area (Å²) in [5.41, 5.74) is -0.0548. The van der Waals surface area contributed by atoms with E-state index in [0.29, 0.717) is 6.61 Å². The van der Waals surface area contributed by atoms with Gasteiger partial charge in [0, 0.05) is 32.2 Å². The molecule has 0 aromatic carbocycles. The van der Waals surface area contributed by atoms with Crippen molar-refractivity contribution in [2.75, 3.05) is 53.7 Å². The van der Waals surface area contributed by atoms with Gasteiger partial charge in [-0.25, -0.2) is 0 Å². The van der Waals surface area contributed by atoms with Gasteiger partial charge in [-0.05, 0) is 19.9 Å². The Morgan fingerprint density at radius 1 is 1.53 bits per heavy atom. The van der Waals surface area contributed by atoms with E-state index in [2.05, 4.69) is 11.9 Å². The monoisotopic (exact) mass is 217 g/mol. The quantitative estimate of drug-likeness (QED) is 0.697. The van der Waals surface area contributed by atoms with E-state index < -0.39 is 0 Å². The van der Waals surface area contributed by atoms with E-state index in [9.17, 15) is 5.11 Å². The molecule has 1 fully saturated rings. The summed E-state index contributed by atoms with van der Waals surface area (Å²) >= 11 is 0. The zero-order valence-corrected chi connectivity index (χ0v) is 9.87. The summed E-state index contributed by atoms with van der Waals surface area (Å²) in [5.74, 6) is 0. The Kier molecular flexibility index (Phi) is 5.53. The van der Waals surface area contributed by atoms with Crippen LogP contribution in [0, 0.1) is 5.41 Å². The van der Waals surface area contributed by atoms with Gasteiger partial charge in [0.05, 0.1) is 19.8 Å². The molecule has 0 radical (unpaired) electrons. The van der Waals surface area contributed by atoms with E-state index >= 15 is 0 Å². The summed E-state index contributed by atoms with van der Waals surface area (Å²) < 4.78 is 10.5. The van der Waals surface area contributed by atoms with E-state index in [4.69, 9.17) is 9.47 Å². The second-order valence-electron chi connectivity index (χ2n) is 4.54. The van der Waals surface area contributed by atoms with Crippen molar-refractivity contribution in [2.24, 2.45) is 5.41 Å². The second-order valence-corrected chi connectivity index (χ2v) is 4.54. The Morgan fingerprint density at radius 2 is 2.33 bits per heavy atom. The Balaban J connectivity index is 2.37. The Labute approximate surface area is 92.2 Å². The molecule has 1 rings (SSSR count). The zero-order valence-electron chi connectivity index (χ0n) is 9.87. The third kappa shape index (κ3) is 4.07. The number of hydrogen-bond acceptors (Lipinski definition) is 4. The standard InChI is InChI=1S/C11H23NO3/c1-12(5-7-14-2)8-11(9-13)4-3-6-15-10-11/h13H,3-10H2,1-2H3. The SMILES string of the molecule is COCCN(C)CC1(CO)CCCOC1. The van der Waals surface area contributed by atoms with Crippen LogP contribution in [0.4, 0.5) is 0 Å². The Bertz CT molecular complexity index is 169. The molecule has 4 heteroatoms. The molecule has 0 aromatic rings. The number of aliphatic hydroxyl groups is 1. The Hall–Kier alpha value is -0.160. The van der Waals surface area contributed by atoms with Gasteiger partial charge in [-0.3, -0.25) is 0 Å². The minimum Gasteiger partial charge on any atom is -0.396 e. The molecule has 1 unspecified atom stereocenters. The topological polar surface area (TPSA) is 41.9 Å². The smallest absolute Gasteiger partial charge is 0.0589 e. The number of hydrogen-bond donors (Lipinski definition) is 1. The first-order valence-electron chi connectivity index (χ1n) is 5.58. The van der Waals surface area contributed by atoms with Crippen LogP contribution >= 0.6 is 0 Å². The minimum absolute atomic E-state index is 0.0548. The molecule has 15 heavy (non-hydrogen) atoms. The molecular formula is C11H23NO3. The number of likely N-dealkylation sites (N-methyl/N-ethyl adjacent to an activating group) is 1. The van der Waals surface area contributed by atoms with Gasteiger partial charge in [-0.15, -0.1) is 0 Å². The predicted octanol–water partition coefficient (Wildman–Crippen LogP) is 0.354. The van der Waals surface area contributed by atoms with E-state index in [1.807, 2.05) is 0 Å². The van der Waals surface area contributed by atoms with Crippen LogP contribution in [0.3, 0.4) is 0 Å². The lowest BCUT2D eigenvalue weighted by Gasteiger charge is -2.38. The average Bonchev–Trinajstić information content (AvgIpc) is 2.27. The number of ether oxygens (including phenoxy) is 2. The molecular weight excluding hydrogens is 194 g/mol. The molecule has 0 bridgehead atoms. The summed E-state index contributed by atoms with van der Waals surface area (Å²) in [6.07, 6.45) is 2.11. The fraction of sp³-hybridized carbons (Fsp3) is 1.00. The lowest BCUT2D eigenvalue weighted by Crippen LogP contribution is -2.45. The van der Waals surface area contributed by atoms with Crippen molar-refractivity contribution in [2.45, 2.75) is 12.8 Å². The first-order chi connectivity index (χ1) is 7.22. The van der Waals surface area contributed by atoms with Crippen LogP contribution in [0.1, 0.15) is 12.8 Å². The molecule has 0 amide bonds. The molecule has 0 aromatic heterocycles.